The van der Waals surface area contributed by atoms with Gasteiger partial charge in [0, 0.05) is 15.8 Å². The van der Waals surface area contributed by atoms with Gasteiger partial charge < -0.3 is 10.8 Å². The molecular weight excluding hydrogens is 242 g/mol. The zero-order valence-corrected chi connectivity index (χ0v) is 12.7. The van der Waals surface area contributed by atoms with Gasteiger partial charge in [0.2, 0.25) is 0 Å². The van der Waals surface area contributed by atoms with Gasteiger partial charge in [0.15, 0.2) is 0 Å². The largest absolute Gasteiger partial charge is 0.392 e. The predicted octanol–water partition coefficient (Wildman–Crippen LogP) is 3.37. The molecule has 0 aliphatic carbocycles. The van der Waals surface area contributed by atoms with Crippen molar-refractivity contribution >= 4 is 11.3 Å². The summed E-state index contributed by atoms with van der Waals surface area (Å²) in [6.45, 7) is 6.59. The van der Waals surface area contributed by atoms with Crippen LogP contribution in [0.25, 0.3) is 0 Å². The Morgan fingerprint density at radius 1 is 1.22 bits per heavy atom. The first-order valence-corrected chi connectivity index (χ1v) is 7.85. The number of aliphatic hydroxyl groups is 1. The van der Waals surface area contributed by atoms with Crippen LogP contribution in [0.4, 0.5) is 0 Å². The first kappa shape index (κ1) is 15.7. The van der Waals surface area contributed by atoms with Crippen LogP contribution in [0.5, 0.6) is 0 Å². The van der Waals surface area contributed by atoms with Crippen molar-refractivity contribution in [2.45, 2.75) is 65.0 Å². The molecule has 2 atom stereocenters. The second kappa shape index (κ2) is 7.93. The normalized spacial score (nSPS) is 15.0. The Hall–Kier alpha value is -0.380. The zero-order valence-electron chi connectivity index (χ0n) is 11.9. The number of rotatable bonds is 8. The van der Waals surface area contributed by atoms with Crippen LogP contribution >= 0.6 is 11.3 Å². The minimum absolute atomic E-state index is 0.0647. The third-order valence-corrected chi connectivity index (χ3v) is 4.30. The lowest BCUT2D eigenvalue weighted by atomic mass is 10.0. The van der Waals surface area contributed by atoms with Crippen LogP contribution in [0.2, 0.25) is 0 Å². The van der Waals surface area contributed by atoms with Crippen LogP contribution in [-0.4, -0.2) is 17.3 Å². The molecule has 0 saturated carbocycles. The molecular formula is C15H27NOS. The van der Waals surface area contributed by atoms with Gasteiger partial charge in [-0.05, 0) is 43.7 Å². The summed E-state index contributed by atoms with van der Waals surface area (Å²) in [6.07, 6.45) is 4.47. The molecule has 1 aromatic rings. The fraction of sp³-hybridized carbons (Fsp3) is 0.733. The molecule has 3 N–H and O–H groups in total. The third-order valence-electron chi connectivity index (χ3n) is 3.13. The molecule has 0 saturated heterocycles. The van der Waals surface area contributed by atoms with E-state index in [0.717, 1.165) is 32.1 Å². The molecule has 3 heteroatoms. The summed E-state index contributed by atoms with van der Waals surface area (Å²) in [5.41, 5.74) is 5.92. The second-order valence-electron chi connectivity index (χ2n) is 5.52. The van der Waals surface area contributed by atoms with E-state index in [4.69, 9.17) is 5.73 Å². The van der Waals surface area contributed by atoms with E-state index < -0.39 is 0 Å². The van der Waals surface area contributed by atoms with Crippen LogP contribution in [0.3, 0.4) is 0 Å². The Bertz CT molecular complexity index is 335. The maximum Gasteiger partial charge on any atom is 0.0694 e. The van der Waals surface area contributed by atoms with E-state index in [1.807, 2.05) is 11.3 Å². The summed E-state index contributed by atoms with van der Waals surface area (Å²) in [7, 11) is 0. The number of aliphatic hydroxyl groups excluding tert-OH is 1. The van der Waals surface area contributed by atoms with Gasteiger partial charge in [-0.2, -0.15) is 0 Å². The van der Waals surface area contributed by atoms with E-state index >= 15 is 0 Å². The fourth-order valence-electron chi connectivity index (χ4n) is 2.10. The molecule has 18 heavy (non-hydrogen) atoms. The average Bonchev–Trinajstić information content (AvgIpc) is 2.73. The summed E-state index contributed by atoms with van der Waals surface area (Å²) < 4.78 is 0. The average molecular weight is 269 g/mol. The maximum absolute atomic E-state index is 9.94. The highest BCUT2D eigenvalue weighted by atomic mass is 32.1. The molecule has 0 aromatic carbocycles. The van der Waals surface area contributed by atoms with E-state index in [2.05, 4.69) is 32.9 Å². The fourth-order valence-corrected chi connectivity index (χ4v) is 3.34. The van der Waals surface area contributed by atoms with E-state index in [-0.39, 0.29) is 12.1 Å². The molecule has 1 aromatic heterocycles. The van der Waals surface area contributed by atoms with Crippen molar-refractivity contribution in [1.29, 1.82) is 0 Å². The first-order chi connectivity index (χ1) is 8.52. The van der Waals surface area contributed by atoms with Crippen molar-refractivity contribution in [2.24, 2.45) is 11.7 Å². The highest BCUT2D eigenvalue weighted by molar-refractivity contribution is 7.11. The van der Waals surface area contributed by atoms with Gasteiger partial charge >= 0.3 is 0 Å². The van der Waals surface area contributed by atoms with E-state index in [1.165, 1.54) is 9.75 Å². The second-order valence-corrected chi connectivity index (χ2v) is 6.78. The van der Waals surface area contributed by atoms with Crippen molar-refractivity contribution in [3.63, 3.8) is 0 Å². The Morgan fingerprint density at radius 2 is 1.89 bits per heavy atom. The highest BCUT2D eigenvalue weighted by Gasteiger charge is 2.14. The van der Waals surface area contributed by atoms with Crippen molar-refractivity contribution in [3.8, 4) is 0 Å². The number of nitrogens with two attached hydrogens (primary N) is 1. The van der Waals surface area contributed by atoms with E-state index in [0.29, 0.717) is 5.92 Å². The lowest BCUT2D eigenvalue weighted by molar-refractivity contribution is 0.131. The minimum atomic E-state index is -0.361. The van der Waals surface area contributed by atoms with Crippen LogP contribution < -0.4 is 5.73 Å². The molecule has 1 rings (SSSR count). The van der Waals surface area contributed by atoms with Crippen LogP contribution in [0.15, 0.2) is 12.1 Å². The number of hydrogen-bond donors (Lipinski definition) is 2. The molecule has 0 fully saturated rings. The molecule has 0 amide bonds. The number of aryl methyl sites for hydroxylation is 1. The van der Waals surface area contributed by atoms with Gasteiger partial charge in [0.25, 0.3) is 0 Å². The summed E-state index contributed by atoms with van der Waals surface area (Å²) in [4.78, 5) is 2.82. The Morgan fingerprint density at radius 3 is 2.50 bits per heavy atom. The summed E-state index contributed by atoms with van der Waals surface area (Å²) in [5.74, 6) is 0.708. The lowest BCUT2D eigenvalue weighted by Gasteiger charge is -2.17. The van der Waals surface area contributed by atoms with Gasteiger partial charge in [-0.15, -0.1) is 11.3 Å². The van der Waals surface area contributed by atoms with Crippen molar-refractivity contribution in [2.75, 3.05) is 0 Å². The number of hydrogen-bond acceptors (Lipinski definition) is 3. The monoisotopic (exact) mass is 269 g/mol. The molecule has 0 radical (unpaired) electrons. The predicted molar refractivity (Wildman–Crippen MR) is 80.1 cm³/mol. The van der Waals surface area contributed by atoms with Crippen molar-refractivity contribution < 1.29 is 5.11 Å². The molecule has 2 nitrogen and oxygen atoms in total. The lowest BCUT2D eigenvalue weighted by Crippen LogP contribution is -2.34. The standard InChI is InChI=1S/C15H27NOS/c1-4-5-14(16)15(17)9-8-12-6-7-13(18-12)10-11(2)3/h6-7,11,14-15,17H,4-5,8-10,16H2,1-3H3. The smallest absolute Gasteiger partial charge is 0.0694 e. The Labute approximate surface area is 115 Å². The summed E-state index contributed by atoms with van der Waals surface area (Å²) >= 11 is 1.88. The first-order valence-electron chi connectivity index (χ1n) is 7.04. The molecule has 0 bridgehead atoms. The molecule has 0 spiro atoms. The summed E-state index contributed by atoms with van der Waals surface area (Å²) in [5, 5.41) is 9.94. The highest BCUT2D eigenvalue weighted by Crippen LogP contribution is 2.21. The van der Waals surface area contributed by atoms with Gasteiger partial charge in [0.1, 0.15) is 0 Å². The number of thiophene rings is 1. The van der Waals surface area contributed by atoms with Crippen LogP contribution in [0.1, 0.15) is 49.8 Å². The van der Waals surface area contributed by atoms with Crippen LogP contribution in [0, 0.1) is 5.92 Å². The SMILES string of the molecule is CCCC(N)C(O)CCc1ccc(CC(C)C)s1. The van der Waals surface area contributed by atoms with Gasteiger partial charge in [0.05, 0.1) is 6.10 Å². The Balaban J connectivity index is 2.36. The molecule has 0 aliphatic rings. The van der Waals surface area contributed by atoms with Gasteiger partial charge in [-0.3, -0.25) is 0 Å². The topological polar surface area (TPSA) is 46.2 Å². The van der Waals surface area contributed by atoms with E-state index in [9.17, 15) is 5.11 Å². The van der Waals surface area contributed by atoms with E-state index in [1.54, 1.807) is 0 Å². The van der Waals surface area contributed by atoms with Gasteiger partial charge in [-0.1, -0.05) is 27.2 Å². The third kappa shape index (κ3) is 5.51. The minimum Gasteiger partial charge on any atom is -0.392 e. The summed E-state index contributed by atoms with van der Waals surface area (Å²) in [6, 6.07) is 4.35. The quantitative estimate of drug-likeness (QED) is 0.760. The Kier molecular flexibility index (Phi) is 6.90. The van der Waals surface area contributed by atoms with Gasteiger partial charge in [-0.25, -0.2) is 0 Å². The molecule has 104 valence electrons. The molecule has 2 unspecified atom stereocenters. The zero-order chi connectivity index (χ0) is 13.5. The molecule has 0 aliphatic heterocycles. The van der Waals surface area contributed by atoms with Crippen molar-refractivity contribution in [1.82, 2.24) is 0 Å². The van der Waals surface area contributed by atoms with Crippen molar-refractivity contribution in [3.05, 3.63) is 21.9 Å². The molecule has 1 heterocycles. The maximum atomic E-state index is 9.94. The van der Waals surface area contributed by atoms with Crippen LogP contribution in [-0.2, 0) is 12.8 Å².